The molecule has 2 unspecified atom stereocenters. The Labute approximate surface area is 68.5 Å². The molecule has 0 saturated carbocycles. The molecule has 68 valence electrons. The third kappa shape index (κ3) is 6.28. The highest BCUT2D eigenvalue weighted by atomic mass is 16.5. The maximum Gasteiger partial charge on any atom is 0.0685 e. The first-order valence-corrected chi connectivity index (χ1v) is 3.90. The first-order valence-electron chi connectivity index (χ1n) is 3.90. The summed E-state index contributed by atoms with van der Waals surface area (Å²) in [5.41, 5.74) is 5.37. The van der Waals surface area contributed by atoms with Crippen LogP contribution >= 0.6 is 0 Å². The molecule has 3 heteroatoms. The van der Waals surface area contributed by atoms with Gasteiger partial charge in [-0.15, -0.1) is 0 Å². The smallest absolute Gasteiger partial charge is 0.0685 e. The van der Waals surface area contributed by atoms with E-state index in [1.165, 1.54) is 0 Å². The molecule has 3 nitrogen and oxygen atoms in total. The van der Waals surface area contributed by atoms with Gasteiger partial charge in [0.1, 0.15) is 0 Å². The van der Waals surface area contributed by atoms with Crippen LogP contribution in [0, 0.1) is 0 Å². The van der Waals surface area contributed by atoms with Crippen molar-refractivity contribution in [1.29, 1.82) is 0 Å². The molecule has 0 aliphatic carbocycles. The van der Waals surface area contributed by atoms with E-state index in [9.17, 15) is 0 Å². The molecule has 0 spiro atoms. The molecule has 0 aliphatic rings. The Morgan fingerprint density at radius 3 is 2.18 bits per heavy atom. The number of rotatable bonds is 3. The van der Waals surface area contributed by atoms with Gasteiger partial charge in [-0.2, -0.15) is 0 Å². The lowest BCUT2D eigenvalue weighted by atomic mass is 10.1. The van der Waals surface area contributed by atoms with Crippen molar-refractivity contribution >= 4 is 0 Å². The summed E-state index contributed by atoms with van der Waals surface area (Å²) in [4.78, 5) is 0. The molecule has 0 aromatic carbocycles. The quantitative estimate of drug-likeness (QED) is 0.634. The maximum absolute atomic E-state index is 9.01. The summed E-state index contributed by atoms with van der Waals surface area (Å²) in [7, 11) is 0. The molecule has 0 bridgehead atoms. The molecule has 0 saturated heterocycles. The summed E-state index contributed by atoms with van der Waals surface area (Å²) >= 11 is 0. The van der Waals surface area contributed by atoms with Crippen molar-refractivity contribution in [3.63, 3.8) is 0 Å². The van der Waals surface area contributed by atoms with Gasteiger partial charge >= 0.3 is 0 Å². The number of hydrogen-bond acceptors (Lipinski definition) is 3. The molecule has 0 radical (unpaired) electrons. The fraction of sp³-hybridized carbons (Fsp3) is 1.00. The number of hydrogen-bond donors (Lipinski definition) is 2. The highest BCUT2D eigenvalue weighted by Crippen LogP contribution is 2.07. The molecule has 0 heterocycles. The Morgan fingerprint density at radius 1 is 1.45 bits per heavy atom. The van der Waals surface area contributed by atoms with Crippen LogP contribution in [-0.2, 0) is 4.74 Å². The van der Waals surface area contributed by atoms with Crippen LogP contribution in [0.2, 0.25) is 0 Å². The van der Waals surface area contributed by atoms with Crippen LogP contribution in [0.25, 0.3) is 0 Å². The van der Waals surface area contributed by atoms with Crippen molar-refractivity contribution in [2.24, 2.45) is 5.73 Å². The van der Waals surface area contributed by atoms with Crippen molar-refractivity contribution < 1.29 is 9.84 Å². The van der Waals surface area contributed by atoms with Gasteiger partial charge in [-0.3, -0.25) is 0 Å². The monoisotopic (exact) mass is 161 g/mol. The standard InChI is InChI=1S/C8H19NO2/c1-6(10)7(9)5-11-8(2,3)4/h6-7,10H,5,9H2,1-4H3. The minimum absolute atomic E-state index is 0.174. The Hall–Kier alpha value is -0.120. The SMILES string of the molecule is CC(O)C(N)COC(C)(C)C. The lowest BCUT2D eigenvalue weighted by molar-refractivity contribution is -0.0254. The van der Waals surface area contributed by atoms with E-state index in [1.54, 1.807) is 6.92 Å². The molecule has 0 aromatic rings. The summed E-state index contributed by atoms with van der Waals surface area (Å²) in [5.74, 6) is 0. The van der Waals surface area contributed by atoms with E-state index in [0.717, 1.165) is 0 Å². The van der Waals surface area contributed by atoms with Crippen LogP contribution in [0.3, 0.4) is 0 Å². The summed E-state index contributed by atoms with van der Waals surface area (Å²) < 4.78 is 5.37. The molecule has 0 aromatic heterocycles. The van der Waals surface area contributed by atoms with E-state index in [4.69, 9.17) is 15.6 Å². The van der Waals surface area contributed by atoms with Crippen molar-refractivity contribution in [3.05, 3.63) is 0 Å². The highest BCUT2D eigenvalue weighted by Gasteiger charge is 2.15. The third-order valence-corrected chi connectivity index (χ3v) is 1.33. The van der Waals surface area contributed by atoms with Gasteiger partial charge in [0.25, 0.3) is 0 Å². The van der Waals surface area contributed by atoms with Gasteiger partial charge in [0.15, 0.2) is 0 Å². The van der Waals surface area contributed by atoms with Crippen molar-refractivity contribution in [1.82, 2.24) is 0 Å². The zero-order chi connectivity index (χ0) is 9.07. The fourth-order valence-corrected chi connectivity index (χ4v) is 0.485. The van der Waals surface area contributed by atoms with Gasteiger partial charge in [0.2, 0.25) is 0 Å². The van der Waals surface area contributed by atoms with E-state index < -0.39 is 6.10 Å². The normalized spacial score (nSPS) is 18.0. The van der Waals surface area contributed by atoms with Gasteiger partial charge in [0.05, 0.1) is 24.4 Å². The number of nitrogens with two attached hydrogens (primary N) is 1. The Morgan fingerprint density at radius 2 is 1.91 bits per heavy atom. The average Bonchev–Trinajstić information content (AvgIpc) is 1.80. The number of ether oxygens (including phenoxy) is 1. The van der Waals surface area contributed by atoms with Crippen molar-refractivity contribution in [2.75, 3.05) is 6.61 Å². The van der Waals surface area contributed by atoms with Gasteiger partial charge < -0.3 is 15.6 Å². The molecular formula is C8H19NO2. The van der Waals surface area contributed by atoms with E-state index in [-0.39, 0.29) is 11.6 Å². The largest absolute Gasteiger partial charge is 0.392 e. The summed E-state index contributed by atoms with van der Waals surface area (Å²) in [5, 5.41) is 9.01. The van der Waals surface area contributed by atoms with Crippen LogP contribution in [0.15, 0.2) is 0 Å². The molecular weight excluding hydrogens is 142 g/mol. The summed E-state index contributed by atoms with van der Waals surface area (Å²) in [6.45, 7) is 7.95. The second-order valence-electron chi connectivity index (χ2n) is 3.83. The lowest BCUT2D eigenvalue weighted by Gasteiger charge is -2.23. The summed E-state index contributed by atoms with van der Waals surface area (Å²) in [6.07, 6.45) is -0.502. The van der Waals surface area contributed by atoms with Gasteiger partial charge in [-0.05, 0) is 27.7 Å². The zero-order valence-corrected chi connectivity index (χ0v) is 7.79. The van der Waals surface area contributed by atoms with E-state index in [0.29, 0.717) is 6.61 Å². The lowest BCUT2D eigenvalue weighted by Crippen LogP contribution is -2.39. The number of aliphatic hydroxyl groups is 1. The predicted octanol–water partition coefficient (Wildman–Crippen LogP) is 0.510. The molecule has 0 aliphatic heterocycles. The molecule has 0 amide bonds. The van der Waals surface area contributed by atoms with Crippen LogP contribution in [-0.4, -0.2) is 29.5 Å². The van der Waals surface area contributed by atoms with Crippen molar-refractivity contribution in [3.8, 4) is 0 Å². The van der Waals surface area contributed by atoms with Crippen molar-refractivity contribution in [2.45, 2.75) is 45.4 Å². The van der Waals surface area contributed by atoms with E-state index in [1.807, 2.05) is 20.8 Å². The highest BCUT2D eigenvalue weighted by molar-refractivity contribution is 4.69. The van der Waals surface area contributed by atoms with Crippen LogP contribution in [0.1, 0.15) is 27.7 Å². The molecule has 3 N–H and O–H groups in total. The van der Waals surface area contributed by atoms with E-state index in [2.05, 4.69) is 0 Å². The second-order valence-corrected chi connectivity index (χ2v) is 3.83. The molecule has 11 heavy (non-hydrogen) atoms. The predicted molar refractivity (Wildman–Crippen MR) is 45.4 cm³/mol. The Balaban J connectivity index is 3.54. The first-order chi connectivity index (χ1) is 4.83. The minimum atomic E-state index is -0.502. The third-order valence-electron chi connectivity index (χ3n) is 1.33. The zero-order valence-electron chi connectivity index (χ0n) is 7.79. The topological polar surface area (TPSA) is 55.5 Å². The average molecular weight is 161 g/mol. The molecule has 0 rings (SSSR count). The summed E-state index contributed by atoms with van der Waals surface area (Å²) in [6, 6.07) is -0.283. The molecule has 2 atom stereocenters. The van der Waals surface area contributed by atoms with Crippen LogP contribution in [0.4, 0.5) is 0 Å². The van der Waals surface area contributed by atoms with Crippen LogP contribution < -0.4 is 5.73 Å². The van der Waals surface area contributed by atoms with Gasteiger partial charge in [-0.25, -0.2) is 0 Å². The van der Waals surface area contributed by atoms with Gasteiger partial charge in [0, 0.05) is 0 Å². The Kier molecular flexibility index (Phi) is 4.00. The minimum Gasteiger partial charge on any atom is -0.392 e. The van der Waals surface area contributed by atoms with E-state index >= 15 is 0 Å². The van der Waals surface area contributed by atoms with Gasteiger partial charge in [-0.1, -0.05) is 0 Å². The maximum atomic E-state index is 9.01. The fourth-order valence-electron chi connectivity index (χ4n) is 0.485. The Bertz CT molecular complexity index is 107. The molecule has 0 fully saturated rings. The number of aliphatic hydroxyl groups excluding tert-OH is 1. The van der Waals surface area contributed by atoms with Crippen LogP contribution in [0.5, 0.6) is 0 Å². The second kappa shape index (κ2) is 4.04. The first kappa shape index (κ1) is 10.9.